The van der Waals surface area contributed by atoms with Gasteiger partial charge in [0.2, 0.25) is 5.91 Å². The van der Waals surface area contributed by atoms with Gasteiger partial charge in [0.25, 0.3) is 0 Å². The van der Waals surface area contributed by atoms with E-state index < -0.39 is 0 Å². The Labute approximate surface area is 201 Å². The quantitative estimate of drug-likeness (QED) is 0.367. The van der Waals surface area contributed by atoms with Crippen molar-refractivity contribution >= 4 is 22.6 Å². The molecule has 1 unspecified atom stereocenters. The first-order valence-electron chi connectivity index (χ1n) is 11.9. The normalized spacial score (nSPS) is 15.9. The summed E-state index contributed by atoms with van der Waals surface area (Å²) in [4.78, 5) is 20.0. The summed E-state index contributed by atoms with van der Waals surface area (Å²) in [5, 5.41) is 0. The number of carbonyl (C=O) groups excluding carboxylic acids is 1. The van der Waals surface area contributed by atoms with E-state index in [1.807, 2.05) is 35.2 Å². The number of aryl methyl sites for hydroxylation is 3. The number of aromatic nitrogens is 2. The maximum Gasteiger partial charge on any atom is 0.227 e. The number of imidazole rings is 1. The van der Waals surface area contributed by atoms with E-state index in [2.05, 4.69) is 62.6 Å². The Morgan fingerprint density at radius 1 is 0.971 bits per heavy atom. The molecule has 5 heteroatoms. The van der Waals surface area contributed by atoms with Crippen LogP contribution in [-0.2, 0) is 11.3 Å². The topological polar surface area (TPSA) is 47.4 Å². The lowest BCUT2D eigenvalue weighted by Gasteiger charge is -2.20. The molecule has 1 fully saturated rings. The van der Waals surface area contributed by atoms with Crippen molar-refractivity contribution in [1.29, 1.82) is 0 Å². The number of ether oxygens (including phenoxy) is 1. The van der Waals surface area contributed by atoms with Gasteiger partial charge in [0.1, 0.15) is 18.2 Å². The number of para-hydroxylation sites is 2. The molecule has 1 aliphatic rings. The van der Waals surface area contributed by atoms with Gasteiger partial charge in [-0.15, -0.1) is 0 Å². The smallest absolute Gasteiger partial charge is 0.227 e. The molecular weight excluding hydrogens is 422 g/mol. The fraction of sp³-hybridized carbons (Fsp3) is 0.310. The van der Waals surface area contributed by atoms with Gasteiger partial charge in [-0.1, -0.05) is 30.3 Å². The Bertz CT molecular complexity index is 1350. The Balaban J connectivity index is 1.42. The molecule has 1 saturated heterocycles. The largest absolute Gasteiger partial charge is 0.492 e. The van der Waals surface area contributed by atoms with Crippen molar-refractivity contribution < 1.29 is 9.53 Å². The number of benzene rings is 3. The zero-order valence-corrected chi connectivity index (χ0v) is 20.3. The number of rotatable bonds is 6. The molecule has 0 spiro atoms. The molecular formula is C29H31N3O2. The van der Waals surface area contributed by atoms with Gasteiger partial charge in [0.15, 0.2) is 0 Å². The van der Waals surface area contributed by atoms with E-state index in [1.54, 1.807) is 0 Å². The Hall–Kier alpha value is -3.60. The number of hydrogen-bond donors (Lipinski definition) is 0. The van der Waals surface area contributed by atoms with Gasteiger partial charge in [-0.2, -0.15) is 0 Å². The summed E-state index contributed by atoms with van der Waals surface area (Å²) < 4.78 is 8.36. The van der Waals surface area contributed by atoms with Crippen molar-refractivity contribution in [2.45, 2.75) is 46.6 Å². The van der Waals surface area contributed by atoms with E-state index in [9.17, 15) is 4.79 Å². The van der Waals surface area contributed by atoms with Crippen molar-refractivity contribution in [1.82, 2.24) is 9.55 Å². The van der Waals surface area contributed by atoms with Crippen LogP contribution in [0, 0.1) is 27.7 Å². The summed E-state index contributed by atoms with van der Waals surface area (Å²) in [6.45, 7) is 10.2. The predicted octanol–water partition coefficient (Wildman–Crippen LogP) is 5.87. The van der Waals surface area contributed by atoms with E-state index in [-0.39, 0.29) is 11.8 Å². The Morgan fingerprint density at radius 3 is 2.53 bits per heavy atom. The van der Waals surface area contributed by atoms with Crippen LogP contribution in [0.1, 0.15) is 40.4 Å². The second-order valence-corrected chi connectivity index (χ2v) is 9.41. The summed E-state index contributed by atoms with van der Waals surface area (Å²) in [6, 6.07) is 20.6. The standard InChI is InChI=1S/C29H31N3O2/c1-19-14-20(2)16-24(15-19)34-13-12-31-27-10-6-5-9-25(27)30-29(31)23-17-28(33)32(18-23)26-11-7-8-21(3)22(26)4/h5-11,14-16,23H,12-13,17-18H2,1-4H3. The van der Waals surface area contributed by atoms with Gasteiger partial charge >= 0.3 is 0 Å². The van der Waals surface area contributed by atoms with Gasteiger partial charge in [0.05, 0.1) is 17.6 Å². The summed E-state index contributed by atoms with van der Waals surface area (Å²) in [7, 11) is 0. The summed E-state index contributed by atoms with van der Waals surface area (Å²) in [6.07, 6.45) is 0.467. The zero-order valence-electron chi connectivity index (χ0n) is 20.3. The number of fused-ring (bicyclic) bond motifs is 1. The molecule has 4 aromatic rings. The van der Waals surface area contributed by atoms with E-state index >= 15 is 0 Å². The molecule has 174 valence electrons. The third-order valence-electron chi connectivity index (χ3n) is 6.82. The lowest BCUT2D eigenvalue weighted by Crippen LogP contribution is -2.25. The van der Waals surface area contributed by atoms with Crippen LogP contribution in [0.3, 0.4) is 0 Å². The first-order valence-corrected chi connectivity index (χ1v) is 11.9. The van der Waals surface area contributed by atoms with Crippen LogP contribution >= 0.6 is 0 Å². The van der Waals surface area contributed by atoms with E-state index in [4.69, 9.17) is 9.72 Å². The lowest BCUT2D eigenvalue weighted by molar-refractivity contribution is -0.117. The van der Waals surface area contributed by atoms with Crippen LogP contribution in [0.2, 0.25) is 0 Å². The third kappa shape index (κ3) is 4.18. The van der Waals surface area contributed by atoms with Gasteiger partial charge in [-0.25, -0.2) is 4.98 Å². The van der Waals surface area contributed by atoms with Crippen molar-refractivity contribution in [3.8, 4) is 5.75 Å². The first kappa shape index (κ1) is 22.2. The molecule has 3 aromatic carbocycles. The molecule has 34 heavy (non-hydrogen) atoms. The number of carbonyl (C=O) groups is 1. The maximum absolute atomic E-state index is 13.1. The highest BCUT2D eigenvalue weighted by atomic mass is 16.5. The molecule has 5 rings (SSSR count). The number of hydrogen-bond acceptors (Lipinski definition) is 3. The second kappa shape index (κ2) is 8.98. The number of anilines is 1. The molecule has 1 aliphatic heterocycles. The molecule has 0 saturated carbocycles. The van der Waals surface area contributed by atoms with Crippen LogP contribution in [0.5, 0.6) is 5.75 Å². The molecule has 0 aliphatic carbocycles. The van der Waals surface area contributed by atoms with Crippen LogP contribution in [-0.4, -0.2) is 28.6 Å². The molecule has 5 nitrogen and oxygen atoms in total. The van der Waals surface area contributed by atoms with Crippen LogP contribution in [0.4, 0.5) is 5.69 Å². The summed E-state index contributed by atoms with van der Waals surface area (Å²) in [5.41, 5.74) is 7.80. The van der Waals surface area contributed by atoms with Crippen molar-refractivity contribution in [2.75, 3.05) is 18.1 Å². The van der Waals surface area contributed by atoms with Gasteiger partial charge < -0.3 is 14.2 Å². The minimum atomic E-state index is 0.0426. The van der Waals surface area contributed by atoms with E-state index in [1.165, 1.54) is 16.7 Å². The van der Waals surface area contributed by atoms with Gasteiger partial charge in [0, 0.05) is 24.6 Å². The van der Waals surface area contributed by atoms with Gasteiger partial charge in [-0.05, 0) is 80.3 Å². The molecule has 1 atom stereocenters. The number of nitrogens with zero attached hydrogens (tertiary/aromatic N) is 3. The van der Waals surface area contributed by atoms with E-state index in [0.717, 1.165) is 33.9 Å². The SMILES string of the molecule is Cc1cc(C)cc(OCCn2c(C3CC(=O)N(c4cccc(C)c4C)C3)nc3ccccc32)c1. The molecule has 1 aromatic heterocycles. The Kier molecular flexibility index (Phi) is 5.86. The van der Waals surface area contributed by atoms with Crippen LogP contribution in [0.25, 0.3) is 11.0 Å². The average Bonchev–Trinajstić information content (AvgIpc) is 3.36. The lowest BCUT2D eigenvalue weighted by atomic mass is 10.1. The summed E-state index contributed by atoms with van der Waals surface area (Å²) >= 11 is 0. The van der Waals surface area contributed by atoms with Crippen molar-refractivity contribution in [3.63, 3.8) is 0 Å². The van der Waals surface area contributed by atoms with Crippen LogP contribution < -0.4 is 9.64 Å². The highest BCUT2D eigenvalue weighted by molar-refractivity contribution is 5.97. The Morgan fingerprint density at radius 2 is 1.74 bits per heavy atom. The monoisotopic (exact) mass is 453 g/mol. The summed E-state index contributed by atoms with van der Waals surface area (Å²) in [5.74, 6) is 2.05. The zero-order chi connectivity index (χ0) is 23.8. The molecule has 1 amide bonds. The minimum Gasteiger partial charge on any atom is -0.492 e. The fourth-order valence-electron chi connectivity index (χ4n) is 5.05. The molecule has 0 bridgehead atoms. The number of amides is 1. The predicted molar refractivity (Wildman–Crippen MR) is 137 cm³/mol. The highest BCUT2D eigenvalue weighted by Gasteiger charge is 2.35. The van der Waals surface area contributed by atoms with Gasteiger partial charge in [-0.3, -0.25) is 4.79 Å². The van der Waals surface area contributed by atoms with Crippen molar-refractivity contribution in [3.05, 3.63) is 88.7 Å². The average molecular weight is 454 g/mol. The highest BCUT2D eigenvalue weighted by Crippen LogP contribution is 2.35. The first-order chi connectivity index (χ1) is 16.4. The second-order valence-electron chi connectivity index (χ2n) is 9.41. The molecule has 0 radical (unpaired) electrons. The van der Waals surface area contributed by atoms with Crippen LogP contribution in [0.15, 0.2) is 60.7 Å². The third-order valence-corrected chi connectivity index (χ3v) is 6.82. The maximum atomic E-state index is 13.1. The minimum absolute atomic E-state index is 0.0426. The fourth-order valence-corrected chi connectivity index (χ4v) is 5.05. The molecule has 2 heterocycles. The van der Waals surface area contributed by atoms with E-state index in [0.29, 0.717) is 26.1 Å². The molecule has 0 N–H and O–H groups in total. The van der Waals surface area contributed by atoms with Crippen molar-refractivity contribution in [2.24, 2.45) is 0 Å².